The molecule has 3 heterocycles. The number of anilines is 1. The number of aryl methyl sites for hydroxylation is 1. The van der Waals surface area contributed by atoms with Crippen molar-refractivity contribution in [1.82, 2.24) is 9.97 Å². The maximum atomic E-state index is 6.07. The number of rotatable bonds is 3. The van der Waals surface area contributed by atoms with E-state index in [1.165, 1.54) is 0 Å². The van der Waals surface area contributed by atoms with E-state index in [0.29, 0.717) is 0 Å². The van der Waals surface area contributed by atoms with Crippen molar-refractivity contribution in [3.05, 3.63) is 46.8 Å². The van der Waals surface area contributed by atoms with E-state index in [1.807, 2.05) is 37.5 Å². The van der Waals surface area contributed by atoms with Crippen molar-refractivity contribution in [2.75, 3.05) is 18.0 Å². The summed E-state index contributed by atoms with van der Waals surface area (Å²) in [5.74, 6) is 1.91. The summed E-state index contributed by atoms with van der Waals surface area (Å²) in [6, 6.07) is 5.87. The molecule has 20 heavy (non-hydrogen) atoms. The minimum Gasteiger partial charge on any atom is -0.488 e. The third-order valence-corrected chi connectivity index (χ3v) is 4.07. The molecule has 0 spiro atoms. The van der Waals surface area contributed by atoms with E-state index in [4.69, 9.17) is 4.74 Å². The van der Waals surface area contributed by atoms with Crippen molar-refractivity contribution in [2.45, 2.75) is 19.4 Å². The lowest BCUT2D eigenvalue weighted by atomic mass is 10.2. The zero-order chi connectivity index (χ0) is 13.9. The van der Waals surface area contributed by atoms with E-state index in [-0.39, 0.29) is 6.10 Å². The van der Waals surface area contributed by atoms with Gasteiger partial charge in [0.25, 0.3) is 0 Å². The summed E-state index contributed by atoms with van der Waals surface area (Å²) < 4.78 is 7.10. The molecule has 0 bridgehead atoms. The smallest absolute Gasteiger partial charge is 0.142 e. The van der Waals surface area contributed by atoms with Gasteiger partial charge in [-0.25, -0.2) is 4.98 Å². The average Bonchev–Trinajstić information content (AvgIpc) is 2.90. The summed E-state index contributed by atoms with van der Waals surface area (Å²) in [5, 5.41) is 0. The predicted octanol–water partition coefficient (Wildman–Crippen LogP) is 3.21. The third-order valence-electron chi connectivity index (χ3n) is 3.45. The minimum absolute atomic E-state index is 0.199. The van der Waals surface area contributed by atoms with E-state index >= 15 is 0 Å². The molecule has 0 aromatic carbocycles. The molecule has 1 aliphatic rings. The van der Waals surface area contributed by atoms with Gasteiger partial charge in [0.15, 0.2) is 0 Å². The van der Waals surface area contributed by atoms with Crippen LogP contribution < -0.4 is 9.64 Å². The van der Waals surface area contributed by atoms with Gasteiger partial charge >= 0.3 is 0 Å². The van der Waals surface area contributed by atoms with E-state index in [1.54, 1.807) is 6.20 Å². The van der Waals surface area contributed by atoms with Gasteiger partial charge in [-0.2, -0.15) is 0 Å². The van der Waals surface area contributed by atoms with Gasteiger partial charge < -0.3 is 9.64 Å². The minimum atomic E-state index is 0.199. The Morgan fingerprint density at radius 3 is 3.05 bits per heavy atom. The van der Waals surface area contributed by atoms with Crippen LogP contribution in [-0.4, -0.2) is 29.2 Å². The maximum absolute atomic E-state index is 6.07. The molecule has 2 aromatic heterocycles. The van der Waals surface area contributed by atoms with Crippen LogP contribution in [-0.2, 0) is 0 Å². The monoisotopic (exact) mass is 333 g/mol. The fourth-order valence-electron chi connectivity index (χ4n) is 2.40. The molecule has 104 valence electrons. The number of halogens is 1. The lowest BCUT2D eigenvalue weighted by Crippen LogP contribution is -2.25. The summed E-state index contributed by atoms with van der Waals surface area (Å²) in [6.45, 7) is 3.84. The lowest BCUT2D eigenvalue weighted by Gasteiger charge is -2.19. The first kappa shape index (κ1) is 13.4. The van der Waals surface area contributed by atoms with Crippen LogP contribution >= 0.6 is 15.9 Å². The largest absolute Gasteiger partial charge is 0.488 e. The molecule has 1 unspecified atom stereocenters. The van der Waals surface area contributed by atoms with Crippen LogP contribution in [0, 0.1) is 6.92 Å². The molecule has 1 saturated heterocycles. The van der Waals surface area contributed by atoms with Crippen molar-refractivity contribution in [2.24, 2.45) is 0 Å². The second-order valence-electron chi connectivity index (χ2n) is 4.92. The molecular weight excluding hydrogens is 318 g/mol. The molecule has 2 aromatic rings. The number of nitrogens with zero attached hydrogens (tertiary/aromatic N) is 3. The zero-order valence-electron chi connectivity index (χ0n) is 11.3. The van der Waals surface area contributed by atoms with Crippen LogP contribution in [0.2, 0.25) is 0 Å². The number of hydrogen-bond acceptors (Lipinski definition) is 4. The molecule has 1 aliphatic heterocycles. The molecule has 5 heteroatoms. The van der Waals surface area contributed by atoms with Crippen LogP contribution in [0.5, 0.6) is 5.75 Å². The van der Waals surface area contributed by atoms with Crippen LogP contribution in [0.4, 0.5) is 5.82 Å². The van der Waals surface area contributed by atoms with E-state index in [2.05, 4.69) is 30.8 Å². The molecule has 3 rings (SSSR count). The summed E-state index contributed by atoms with van der Waals surface area (Å²) in [5.41, 5.74) is 1.07. The molecule has 0 amide bonds. The van der Waals surface area contributed by atoms with E-state index in [0.717, 1.165) is 41.1 Å². The van der Waals surface area contributed by atoms with Crippen LogP contribution in [0.25, 0.3) is 0 Å². The number of pyridine rings is 2. The topological polar surface area (TPSA) is 38.2 Å². The first-order chi connectivity index (χ1) is 9.74. The highest BCUT2D eigenvalue weighted by molar-refractivity contribution is 9.10. The van der Waals surface area contributed by atoms with Crippen molar-refractivity contribution in [1.29, 1.82) is 0 Å². The standard InChI is InChI=1S/C15H16BrN3O/c1-11-9-17-7-4-14(11)20-12-5-8-19(10-12)15-13(16)3-2-6-18-15/h2-4,6-7,9,12H,5,8,10H2,1H3. The molecule has 0 saturated carbocycles. The van der Waals surface area contributed by atoms with Gasteiger partial charge in [0.05, 0.1) is 11.0 Å². The van der Waals surface area contributed by atoms with E-state index in [9.17, 15) is 0 Å². The van der Waals surface area contributed by atoms with Gasteiger partial charge in [0.1, 0.15) is 17.7 Å². The van der Waals surface area contributed by atoms with Gasteiger partial charge in [-0.3, -0.25) is 4.98 Å². The van der Waals surface area contributed by atoms with E-state index < -0.39 is 0 Å². The number of ether oxygens (including phenoxy) is 1. The molecule has 1 atom stereocenters. The van der Waals surface area contributed by atoms with Crippen LogP contribution in [0.3, 0.4) is 0 Å². The SMILES string of the molecule is Cc1cnccc1OC1CCN(c2ncccc2Br)C1. The van der Waals surface area contributed by atoms with Gasteiger partial charge in [-0.05, 0) is 41.1 Å². The van der Waals surface area contributed by atoms with Crippen molar-refractivity contribution < 1.29 is 4.74 Å². The highest BCUT2D eigenvalue weighted by atomic mass is 79.9. The quantitative estimate of drug-likeness (QED) is 0.864. The fraction of sp³-hybridized carbons (Fsp3) is 0.333. The Bertz CT molecular complexity index is 605. The number of hydrogen-bond donors (Lipinski definition) is 0. The van der Waals surface area contributed by atoms with Crippen molar-refractivity contribution in [3.8, 4) is 5.75 Å². The molecule has 4 nitrogen and oxygen atoms in total. The molecular formula is C15H16BrN3O. The van der Waals surface area contributed by atoms with Gasteiger partial charge in [-0.15, -0.1) is 0 Å². The summed E-state index contributed by atoms with van der Waals surface area (Å²) >= 11 is 3.55. The Morgan fingerprint density at radius 2 is 2.25 bits per heavy atom. The Balaban J connectivity index is 1.69. The second kappa shape index (κ2) is 5.79. The van der Waals surface area contributed by atoms with Gasteiger partial charge in [-0.1, -0.05) is 0 Å². The lowest BCUT2D eigenvalue weighted by molar-refractivity contribution is 0.223. The Hall–Kier alpha value is -1.62. The zero-order valence-corrected chi connectivity index (χ0v) is 12.9. The third kappa shape index (κ3) is 2.77. The molecule has 0 N–H and O–H groups in total. The first-order valence-electron chi connectivity index (χ1n) is 6.67. The maximum Gasteiger partial charge on any atom is 0.142 e. The van der Waals surface area contributed by atoms with Gasteiger partial charge in [0, 0.05) is 37.1 Å². The summed E-state index contributed by atoms with van der Waals surface area (Å²) in [4.78, 5) is 10.8. The number of aromatic nitrogens is 2. The second-order valence-corrected chi connectivity index (χ2v) is 5.78. The molecule has 0 radical (unpaired) electrons. The molecule has 1 fully saturated rings. The Kier molecular flexibility index (Phi) is 3.87. The predicted molar refractivity (Wildman–Crippen MR) is 82.2 cm³/mol. The summed E-state index contributed by atoms with van der Waals surface area (Å²) in [7, 11) is 0. The van der Waals surface area contributed by atoms with Crippen LogP contribution in [0.1, 0.15) is 12.0 Å². The summed E-state index contributed by atoms with van der Waals surface area (Å²) in [6.07, 6.45) is 6.62. The Morgan fingerprint density at radius 1 is 1.35 bits per heavy atom. The van der Waals surface area contributed by atoms with Crippen LogP contribution in [0.15, 0.2) is 41.3 Å². The average molecular weight is 334 g/mol. The highest BCUT2D eigenvalue weighted by Gasteiger charge is 2.26. The normalized spacial score (nSPS) is 18.3. The Labute approximate surface area is 126 Å². The van der Waals surface area contributed by atoms with Crippen molar-refractivity contribution >= 4 is 21.7 Å². The van der Waals surface area contributed by atoms with Gasteiger partial charge in [0.2, 0.25) is 0 Å². The van der Waals surface area contributed by atoms with Crippen molar-refractivity contribution in [3.63, 3.8) is 0 Å². The first-order valence-corrected chi connectivity index (χ1v) is 7.46. The highest BCUT2D eigenvalue weighted by Crippen LogP contribution is 2.28. The fourth-order valence-corrected chi connectivity index (χ4v) is 2.91. The molecule has 0 aliphatic carbocycles.